The lowest BCUT2D eigenvalue weighted by Crippen LogP contribution is -2.49. The van der Waals surface area contributed by atoms with Gasteiger partial charge in [0, 0.05) is 70.1 Å². The molecule has 0 aliphatic carbocycles. The Hall–Kier alpha value is -2.83. The molecule has 7 heteroatoms. The van der Waals surface area contributed by atoms with Crippen molar-refractivity contribution in [1.82, 2.24) is 15.1 Å². The van der Waals surface area contributed by atoms with Gasteiger partial charge in [0.1, 0.15) is 13.7 Å². The minimum Gasteiger partial charge on any atom is -0.316 e. The van der Waals surface area contributed by atoms with E-state index in [1.165, 1.54) is 0 Å². The number of amidine groups is 1. The fourth-order valence-corrected chi connectivity index (χ4v) is 5.56. The third-order valence-corrected chi connectivity index (χ3v) is 8.53. The molecule has 40 heavy (non-hydrogen) atoms. The van der Waals surface area contributed by atoms with E-state index in [0.29, 0.717) is 11.1 Å². The van der Waals surface area contributed by atoms with E-state index in [-0.39, 0.29) is 5.54 Å². The maximum atomic E-state index is 6.98. The number of nitrogens with zero attached hydrogens (tertiary/aromatic N) is 3. The monoisotopic (exact) mass is 572 g/mol. The maximum Gasteiger partial charge on any atom is 0.141 e. The number of hydrogen-bond acceptors (Lipinski definition) is 4. The van der Waals surface area contributed by atoms with E-state index in [2.05, 4.69) is 61.2 Å². The van der Waals surface area contributed by atoms with E-state index in [0.717, 1.165) is 75.8 Å². The van der Waals surface area contributed by atoms with E-state index in [1.54, 1.807) is 0 Å². The predicted octanol–water partition coefficient (Wildman–Crippen LogP) is 6.60. The summed E-state index contributed by atoms with van der Waals surface area (Å²) in [6, 6.07) is 12.5. The van der Waals surface area contributed by atoms with Crippen molar-refractivity contribution in [2.24, 2.45) is 4.99 Å². The Morgan fingerprint density at radius 2 is 1.77 bits per heavy atom. The zero-order valence-electron chi connectivity index (χ0n) is 24.3. The van der Waals surface area contributed by atoms with Crippen molar-refractivity contribution in [2.75, 3.05) is 20.1 Å². The van der Waals surface area contributed by atoms with Gasteiger partial charge in [0.2, 0.25) is 0 Å². The molecular formula is C33H39BCl2N4. The van der Waals surface area contributed by atoms with Gasteiger partial charge in [-0.05, 0) is 58.4 Å². The Balaban J connectivity index is 1.61. The first-order valence-electron chi connectivity index (χ1n) is 13.8. The SMILES string of the molecule is Bc1cccc(-c2cccc(C3=CC4=NC=C(CN(CC(CCC=C)NC)C(C)(C)C)C(=C)N4C=C3)c2Cl)c1Cl. The van der Waals surface area contributed by atoms with Crippen LogP contribution in [0.5, 0.6) is 0 Å². The minimum absolute atomic E-state index is 0.0127. The second kappa shape index (κ2) is 12.8. The molecule has 0 bridgehead atoms. The number of nitrogens with one attached hydrogen (secondary N) is 1. The number of aliphatic imine (C=N–C) groups is 1. The van der Waals surface area contributed by atoms with E-state index in [4.69, 9.17) is 28.2 Å². The van der Waals surface area contributed by atoms with Crippen LogP contribution < -0.4 is 10.8 Å². The van der Waals surface area contributed by atoms with Crippen molar-refractivity contribution in [3.05, 3.63) is 107 Å². The van der Waals surface area contributed by atoms with E-state index in [9.17, 15) is 0 Å². The molecule has 2 aromatic rings. The number of likely N-dealkylation sites (N-methyl/N-ethyl adjacent to an activating group) is 1. The number of rotatable bonds is 10. The van der Waals surface area contributed by atoms with Crippen LogP contribution in [0.1, 0.15) is 39.2 Å². The van der Waals surface area contributed by atoms with Crippen molar-refractivity contribution in [3.8, 4) is 11.1 Å². The van der Waals surface area contributed by atoms with Crippen molar-refractivity contribution in [2.45, 2.75) is 45.2 Å². The van der Waals surface area contributed by atoms with Gasteiger partial charge in [0.05, 0.1) is 5.02 Å². The summed E-state index contributed by atoms with van der Waals surface area (Å²) in [5.41, 5.74) is 6.82. The standard InChI is InChI=1S/C33H39BCl2N4/c1-7-8-11-25(37-6)21-39(33(3,4)5)20-24-19-38-30-18-23(16-17-40(30)22(24)2)26-12-9-13-27(31(26)35)28-14-10-15-29(34)32(28)36/h7,9-10,12-19,25,37H,1-2,8,11,20-21,34H2,3-6H3. The van der Waals surface area contributed by atoms with Crippen LogP contribution in [0.2, 0.25) is 10.0 Å². The molecule has 0 spiro atoms. The Labute approximate surface area is 250 Å². The molecule has 1 unspecified atom stereocenters. The lowest BCUT2D eigenvalue weighted by Gasteiger charge is -2.40. The average molecular weight is 573 g/mol. The van der Waals surface area contributed by atoms with E-state index < -0.39 is 0 Å². The van der Waals surface area contributed by atoms with Crippen LogP contribution >= 0.6 is 23.2 Å². The van der Waals surface area contributed by atoms with Gasteiger partial charge < -0.3 is 10.2 Å². The van der Waals surface area contributed by atoms with Crippen molar-refractivity contribution < 1.29 is 0 Å². The number of benzene rings is 2. The van der Waals surface area contributed by atoms with Gasteiger partial charge in [-0.25, -0.2) is 4.99 Å². The Bertz CT molecular complexity index is 1410. The zero-order chi connectivity index (χ0) is 29.0. The van der Waals surface area contributed by atoms with Gasteiger partial charge >= 0.3 is 0 Å². The highest BCUT2D eigenvalue weighted by atomic mass is 35.5. The summed E-state index contributed by atoms with van der Waals surface area (Å²) in [5, 5.41) is 4.86. The highest BCUT2D eigenvalue weighted by molar-refractivity contribution is 6.47. The molecule has 4 rings (SSSR count). The summed E-state index contributed by atoms with van der Waals surface area (Å²) >= 11 is 13.6. The van der Waals surface area contributed by atoms with Crippen molar-refractivity contribution in [1.29, 1.82) is 0 Å². The summed E-state index contributed by atoms with van der Waals surface area (Å²) in [5.74, 6) is 0.822. The summed E-state index contributed by atoms with van der Waals surface area (Å²) < 4.78 is 0. The number of fused-ring (bicyclic) bond motifs is 1. The molecule has 0 saturated heterocycles. The molecule has 0 radical (unpaired) electrons. The number of halogens is 2. The molecule has 2 heterocycles. The number of allylic oxidation sites excluding steroid dienone is 3. The van der Waals surface area contributed by atoms with Crippen LogP contribution in [0, 0.1) is 0 Å². The molecule has 2 aliphatic rings. The fraction of sp³-hybridized carbons (Fsp3) is 0.303. The average Bonchev–Trinajstić information content (AvgIpc) is 2.92. The maximum absolute atomic E-state index is 6.98. The quantitative estimate of drug-likeness (QED) is 0.257. The molecule has 0 fully saturated rings. The van der Waals surface area contributed by atoms with Gasteiger partial charge in [-0.2, -0.15) is 0 Å². The molecule has 2 aromatic carbocycles. The predicted molar refractivity (Wildman–Crippen MR) is 177 cm³/mol. The van der Waals surface area contributed by atoms with Crippen LogP contribution in [0.3, 0.4) is 0 Å². The highest BCUT2D eigenvalue weighted by Crippen LogP contribution is 2.38. The molecule has 0 amide bonds. The second-order valence-electron chi connectivity index (χ2n) is 11.4. The Morgan fingerprint density at radius 1 is 1.10 bits per heavy atom. The molecule has 208 valence electrons. The highest BCUT2D eigenvalue weighted by Gasteiger charge is 2.29. The van der Waals surface area contributed by atoms with Gasteiger partial charge in [-0.1, -0.05) is 77.7 Å². The van der Waals surface area contributed by atoms with Crippen LogP contribution in [0.25, 0.3) is 16.7 Å². The molecule has 0 saturated carbocycles. The molecular weight excluding hydrogens is 534 g/mol. The lowest BCUT2D eigenvalue weighted by molar-refractivity contribution is 0.133. The first-order valence-corrected chi connectivity index (χ1v) is 14.5. The Kier molecular flexibility index (Phi) is 9.63. The summed E-state index contributed by atoms with van der Waals surface area (Å²) in [6.07, 6.45) is 12.2. The van der Waals surface area contributed by atoms with E-state index in [1.807, 2.05) is 69.8 Å². The lowest BCUT2D eigenvalue weighted by atomic mass is 9.90. The second-order valence-corrected chi connectivity index (χ2v) is 12.1. The van der Waals surface area contributed by atoms with Gasteiger partial charge in [-0.3, -0.25) is 4.90 Å². The van der Waals surface area contributed by atoms with Crippen LogP contribution in [-0.4, -0.2) is 55.2 Å². The van der Waals surface area contributed by atoms with Crippen LogP contribution in [0.15, 0.2) is 96.4 Å². The largest absolute Gasteiger partial charge is 0.316 e. The fourth-order valence-electron chi connectivity index (χ4n) is 5.00. The molecule has 4 nitrogen and oxygen atoms in total. The van der Waals surface area contributed by atoms with Gasteiger partial charge in [0.25, 0.3) is 0 Å². The zero-order valence-corrected chi connectivity index (χ0v) is 25.8. The first-order chi connectivity index (χ1) is 19.0. The van der Waals surface area contributed by atoms with Crippen LogP contribution in [-0.2, 0) is 0 Å². The molecule has 0 aromatic heterocycles. The normalized spacial score (nSPS) is 15.9. The third-order valence-electron chi connectivity index (χ3n) is 7.62. The number of hydrogen-bond donors (Lipinski definition) is 1. The van der Waals surface area contributed by atoms with Gasteiger partial charge in [0.15, 0.2) is 0 Å². The van der Waals surface area contributed by atoms with Crippen molar-refractivity contribution in [3.63, 3.8) is 0 Å². The third kappa shape index (κ3) is 6.55. The summed E-state index contributed by atoms with van der Waals surface area (Å²) in [7, 11) is 4.03. The summed E-state index contributed by atoms with van der Waals surface area (Å²) in [6.45, 7) is 16.8. The minimum atomic E-state index is -0.0127. The van der Waals surface area contributed by atoms with Gasteiger partial charge in [-0.15, -0.1) is 6.58 Å². The van der Waals surface area contributed by atoms with E-state index >= 15 is 0 Å². The topological polar surface area (TPSA) is 30.9 Å². The molecule has 1 N–H and O–H groups in total. The molecule has 2 aliphatic heterocycles. The smallest absolute Gasteiger partial charge is 0.141 e. The molecule has 1 atom stereocenters. The van der Waals surface area contributed by atoms with Crippen LogP contribution in [0.4, 0.5) is 0 Å². The van der Waals surface area contributed by atoms with Crippen molar-refractivity contribution >= 4 is 47.9 Å². The summed E-state index contributed by atoms with van der Waals surface area (Å²) in [4.78, 5) is 9.40. The first kappa shape index (κ1) is 30.1. The Morgan fingerprint density at radius 3 is 2.45 bits per heavy atom.